The van der Waals surface area contributed by atoms with Gasteiger partial charge in [0.2, 0.25) is 0 Å². The van der Waals surface area contributed by atoms with Crippen molar-refractivity contribution in [2.45, 2.75) is 18.8 Å². The number of hydrogen-bond donors (Lipinski definition) is 0. The molecule has 17 heavy (non-hydrogen) atoms. The number of halogens is 1. The van der Waals surface area contributed by atoms with Crippen LogP contribution in [-0.2, 0) is 0 Å². The van der Waals surface area contributed by atoms with E-state index in [1.807, 2.05) is 0 Å². The lowest BCUT2D eigenvalue weighted by Gasteiger charge is -2.01. The highest BCUT2D eigenvalue weighted by atomic mass is 79.9. The van der Waals surface area contributed by atoms with Crippen LogP contribution in [0.25, 0.3) is 0 Å². The van der Waals surface area contributed by atoms with Gasteiger partial charge in [0.05, 0.1) is 0 Å². The standard InChI is InChI=1S/C16H15Br/c1-11-15(12-5-3-2-4-6-12)16(11)13-7-9-14(17)10-8-13/h2-11,15-16H,1H3. The molecule has 0 nitrogen and oxygen atoms in total. The van der Waals surface area contributed by atoms with E-state index in [-0.39, 0.29) is 0 Å². The summed E-state index contributed by atoms with van der Waals surface area (Å²) in [5.74, 6) is 2.17. The summed E-state index contributed by atoms with van der Waals surface area (Å²) in [5, 5.41) is 0. The van der Waals surface area contributed by atoms with Gasteiger partial charge in [-0.3, -0.25) is 0 Å². The Morgan fingerprint density at radius 1 is 0.765 bits per heavy atom. The molecule has 3 unspecified atom stereocenters. The molecule has 1 aliphatic rings. The molecule has 0 radical (unpaired) electrons. The van der Waals surface area contributed by atoms with Gasteiger partial charge in [-0.1, -0.05) is 65.3 Å². The second-order valence-electron chi connectivity index (χ2n) is 4.87. The van der Waals surface area contributed by atoms with Gasteiger partial charge in [0.25, 0.3) is 0 Å². The molecule has 0 saturated heterocycles. The van der Waals surface area contributed by atoms with Gasteiger partial charge < -0.3 is 0 Å². The van der Waals surface area contributed by atoms with Gasteiger partial charge in [-0.25, -0.2) is 0 Å². The molecular formula is C16H15Br. The number of hydrogen-bond acceptors (Lipinski definition) is 0. The van der Waals surface area contributed by atoms with Gasteiger partial charge in [-0.2, -0.15) is 0 Å². The van der Waals surface area contributed by atoms with Gasteiger partial charge in [0.15, 0.2) is 0 Å². The zero-order valence-corrected chi connectivity index (χ0v) is 11.4. The van der Waals surface area contributed by atoms with Crippen LogP contribution in [0.2, 0.25) is 0 Å². The van der Waals surface area contributed by atoms with E-state index >= 15 is 0 Å². The van der Waals surface area contributed by atoms with E-state index < -0.39 is 0 Å². The van der Waals surface area contributed by atoms with E-state index in [1.165, 1.54) is 11.1 Å². The lowest BCUT2D eigenvalue weighted by molar-refractivity contribution is 0.895. The summed E-state index contributed by atoms with van der Waals surface area (Å²) in [6, 6.07) is 19.6. The lowest BCUT2D eigenvalue weighted by atomic mass is 10.0. The average Bonchev–Trinajstić information content (AvgIpc) is 3.03. The van der Waals surface area contributed by atoms with Crippen molar-refractivity contribution in [3.63, 3.8) is 0 Å². The number of benzene rings is 2. The summed E-state index contributed by atoms with van der Waals surface area (Å²) in [6.45, 7) is 2.35. The summed E-state index contributed by atoms with van der Waals surface area (Å²) in [5.41, 5.74) is 2.95. The van der Waals surface area contributed by atoms with Crippen molar-refractivity contribution >= 4 is 15.9 Å². The third-order valence-electron chi connectivity index (χ3n) is 3.82. The van der Waals surface area contributed by atoms with Crippen molar-refractivity contribution in [1.29, 1.82) is 0 Å². The fraction of sp³-hybridized carbons (Fsp3) is 0.250. The zero-order chi connectivity index (χ0) is 11.8. The van der Waals surface area contributed by atoms with Crippen LogP contribution in [0.4, 0.5) is 0 Å². The summed E-state index contributed by atoms with van der Waals surface area (Å²) < 4.78 is 1.16. The maximum Gasteiger partial charge on any atom is 0.0175 e. The Balaban J connectivity index is 1.86. The molecule has 1 aliphatic carbocycles. The topological polar surface area (TPSA) is 0 Å². The van der Waals surface area contributed by atoms with Crippen molar-refractivity contribution in [3.05, 3.63) is 70.2 Å². The molecular weight excluding hydrogens is 272 g/mol. The minimum atomic E-state index is 0.700. The Hall–Kier alpha value is -1.08. The molecule has 1 saturated carbocycles. The minimum absolute atomic E-state index is 0.700. The molecule has 3 rings (SSSR count). The summed E-state index contributed by atoms with van der Waals surface area (Å²) in [4.78, 5) is 0. The van der Waals surface area contributed by atoms with E-state index in [4.69, 9.17) is 0 Å². The fourth-order valence-corrected chi connectivity index (χ4v) is 3.11. The minimum Gasteiger partial charge on any atom is -0.0622 e. The SMILES string of the molecule is CC1C(c2ccccc2)C1c1ccc(Br)cc1. The van der Waals surface area contributed by atoms with E-state index in [2.05, 4.69) is 77.5 Å². The molecule has 0 bridgehead atoms. The highest BCUT2D eigenvalue weighted by Gasteiger charge is 2.47. The highest BCUT2D eigenvalue weighted by Crippen LogP contribution is 2.60. The van der Waals surface area contributed by atoms with E-state index in [1.54, 1.807) is 0 Å². The second kappa shape index (κ2) is 4.30. The summed E-state index contributed by atoms with van der Waals surface area (Å²) >= 11 is 3.49. The van der Waals surface area contributed by atoms with Crippen LogP contribution in [-0.4, -0.2) is 0 Å². The summed E-state index contributed by atoms with van der Waals surface area (Å²) in [7, 11) is 0. The molecule has 0 amide bonds. The molecule has 0 N–H and O–H groups in total. The highest BCUT2D eigenvalue weighted by molar-refractivity contribution is 9.10. The van der Waals surface area contributed by atoms with Crippen LogP contribution in [0.15, 0.2) is 59.1 Å². The van der Waals surface area contributed by atoms with Gasteiger partial charge in [-0.15, -0.1) is 0 Å². The normalized spacial score (nSPS) is 26.8. The first-order valence-electron chi connectivity index (χ1n) is 6.08. The first-order valence-corrected chi connectivity index (χ1v) is 6.87. The molecule has 0 aromatic heterocycles. The molecule has 2 aromatic rings. The van der Waals surface area contributed by atoms with Crippen LogP contribution in [0.1, 0.15) is 29.9 Å². The molecule has 0 spiro atoms. The quantitative estimate of drug-likeness (QED) is 0.731. The predicted molar refractivity (Wildman–Crippen MR) is 75.2 cm³/mol. The maximum absolute atomic E-state index is 3.49. The van der Waals surface area contributed by atoms with E-state index in [0.717, 1.165) is 10.4 Å². The number of rotatable bonds is 2. The third-order valence-corrected chi connectivity index (χ3v) is 4.35. The van der Waals surface area contributed by atoms with E-state index in [9.17, 15) is 0 Å². The Kier molecular flexibility index (Phi) is 2.79. The molecule has 0 heterocycles. The molecule has 1 fully saturated rings. The maximum atomic E-state index is 3.49. The average molecular weight is 287 g/mol. The monoisotopic (exact) mass is 286 g/mol. The Morgan fingerprint density at radius 2 is 1.29 bits per heavy atom. The van der Waals surface area contributed by atoms with Gasteiger partial charge >= 0.3 is 0 Å². The van der Waals surface area contributed by atoms with Crippen LogP contribution in [0, 0.1) is 5.92 Å². The van der Waals surface area contributed by atoms with Crippen molar-refractivity contribution in [2.75, 3.05) is 0 Å². The van der Waals surface area contributed by atoms with E-state index in [0.29, 0.717) is 11.8 Å². The van der Waals surface area contributed by atoms with Gasteiger partial charge in [-0.05, 0) is 41.0 Å². The van der Waals surface area contributed by atoms with Gasteiger partial charge in [0.1, 0.15) is 0 Å². The first-order chi connectivity index (χ1) is 8.27. The van der Waals surface area contributed by atoms with Gasteiger partial charge in [0, 0.05) is 4.47 Å². The largest absolute Gasteiger partial charge is 0.0622 e. The first kappa shape index (κ1) is 11.0. The smallest absolute Gasteiger partial charge is 0.0175 e. The molecule has 2 aromatic carbocycles. The Morgan fingerprint density at radius 3 is 1.88 bits per heavy atom. The second-order valence-corrected chi connectivity index (χ2v) is 5.79. The van der Waals surface area contributed by atoms with Crippen molar-refractivity contribution < 1.29 is 0 Å². The fourth-order valence-electron chi connectivity index (χ4n) is 2.84. The third kappa shape index (κ3) is 2.04. The zero-order valence-electron chi connectivity index (χ0n) is 9.81. The van der Waals surface area contributed by atoms with Crippen molar-refractivity contribution in [2.24, 2.45) is 5.92 Å². The van der Waals surface area contributed by atoms with Crippen LogP contribution < -0.4 is 0 Å². The predicted octanol–water partition coefficient (Wildman–Crippen LogP) is 4.97. The van der Waals surface area contributed by atoms with Crippen LogP contribution in [0.3, 0.4) is 0 Å². The Labute approximate surface area is 111 Å². The summed E-state index contributed by atoms with van der Waals surface area (Å²) in [6.07, 6.45) is 0. The molecule has 3 atom stereocenters. The Bertz CT molecular complexity index is 501. The molecule has 86 valence electrons. The molecule has 1 heteroatoms. The van der Waals surface area contributed by atoms with Crippen molar-refractivity contribution in [3.8, 4) is 0 Å². The lowest BCUT2D eigenvalue weighted by Crippen LogP contribution is -1.83. The van der Waals surface area contributed by atoms with Crippen LogP contribution in [0.5, 0.6) is 0 Å². The molecule has 0 aliphatic heterocycles. The van der Waals surface area contributed by atoms with Crippen molar-refractivity contribution in [1.82, 2.24) is 0 Å². The van der Waals surface area contributed by atoms with Crippen LogP contribution >= 0.6 is 15.9 Å².